The van der Waals surface area contributed by atoms with Crippen molar-refractivity contribution in [3.63, 3.8) is 0 Å². The topological polar surface area (TPSA) is 101 Å². The van der Waals surface area contributed by atoms with E-state index in [1.807, 2.05) is 4.90 Å². The van der Waals surface area contributed by atoms with Crippen molar-refractivity contribution in [1.29, 1.82) is 0 Å². The Morgan fingerprint density at radius 1 is 1.33 bits per heavy atom. The van der Waals surface area contributed by atoms with Gasteiger partial charge in [-0.1, -0.05) is 12.1 Å². The highest BCUT2D eigenvalue weighted by Crippen LogP contribution is 2.20. The molecule has 2 rings (SSSR count). The van der Waals surface area contributed by atoms with Crippen molar-refractivity contribution in [1.82, 2.24) is 4.90 Å². The molecular formula is C13H18N2O5S. The highest BCUT2D eigenvalue weighted by molar-refractivity contribution is 7.91. The minimum Gasteiger partial charge on any atom is -0.395 e. The van der Waals surface area contributed by atoms with Crippen LogP contribution in [0.3, 0.4) is 0 Å². The van der Waals surface area contributed by atoms with Crippen molar-refractivity contribution in [2.75, 3.05) is 24.7 Å². The quantitative estimate of drug-likeness (QED) is 0.609. The van der Waals surface area contributed by atoms with Crippen molar-refractivity contribution in [2.45, 2.75) is 19.0 Å². The Morgan fingerprint density at radius 2 is 2.00 bits per heavy atom. The molecule has 1 heterocycles. The zero-order valence-electron chi connectivity index (χ0n) is 11.5. The Labute approximate surface area is 123 Å². The van der Waals surface area contributed by atoms with Crippen LogP contribution in [0.4, 0.5) is 5.69 Å². The molecule has 7 nitrogen and oxygen atoms in total. The average molecular weight is 314 g/mol. The van der Waals surface area contributed by atoms with Crippen molar-refractivity contribution in [2.24, 2.45) is 0 Å². The third-order valence-corrected chi connectivity index (χ3v) is 5.40. The van der Waals surface area contributed by atoms with Crippen LogP contribution in [0.25, 0.3) is 0 Å². The lowest BCUT2D eigenvalue weighted by molar-refractivity contribution is -0.384. The Balaban J connectivity index is 2.07. The molecule has 1 aliphatic heterocycles. The van der Waals surface area contributed by atoms with Crippen LogP contribution in [0.15, 0.2) is 24.3 Å². The van der Waals surface area contributed by atoms with E-state index in [4.69, 9.17) is 5.11 Å². The van der Waals surface area contributed by atoms with E-state index in [1.54, 1.807) is 12.1 Å². The van der Waals surface area contributed by atoms with Gasteiger partial charge in [0.05, 0.1) is 23.0 Å². The first-order valence-corrected chi connectivity index (χ1v) is 8.52. The van der Waals surface area contributed by atoms with Crippen LogP contribution in [-0.4, -0.2) is 54.0 Å². The lowest BCUT2D eigenvalue weighted by Gasteiger charge is -2.27. The number of non-ortho nitro benzene ring substituents is 1. The summed E-state index contributed by atoms with van der Waals surface area (Å²) in [5.74, 6) is 0.292. The van der Waals surface area contributed by atoms with Crippen LogP contribution in [0.1, 0.15) is 12.0 Å². The summed E-state index contributed by atoms with van der Waals surface area (Å²) in [7, 11) is -2.98. The summed E-state index contributed by atoms with van der Waals surface area (Å²) < 4.78 is 23.1. The van der Waals surface area contributed by atoms with Crippen molar-refractivity contribution >= 4 is 15.5 Å². The van der Waals surface area contributed by atoms with Gasteiger partial charge in [0.15, 0.2) is 9.84 Å². The molecule has 0 amide bonds. The van der Waals surface area contributed by atoms with Crippen molar-refractivity contribution in [3.05, 3.63) is 39.9 Å². The molecule has 1 aliphatic rings. The number of aliphatic hydroxyl groups excluding tert-OH is 1. The van der Waals surface area contributed by atoms with E-state index in [2.05, 4.69) is 0 Å². The van der Waals surface area contributed by atoms with Gasteiger partial charge in [0.1, 0.15) is 0 Å². The normalized spacial score (nSPS) is 20.8. The Kier molecular flexibility index (Phi) is 4.92. The van der Waals surface area contributed by atoms with E-state index in [-0.39, 0.29) is 29.8 Å². The molecule has 1 aromatic carbocycles. The molecule has 0 saturated carbocycles. The second-order valence-corrected chi connectivity index (χ2v) is 7.40. The van der Waals surface area contributed by atoms with E-state index in [0.29, 0.717) is 19.5 Å². The minimum absolute atomic E-state index is 0.0240. The maximum atomic E-state index is 11.6. The van der Waals surface area contributed by atoms with Crippen molar-refractivity contribution < 1.29 is 18.4 Å². The SMILES string of the molecule is O=[N+]([O-])c1ccc(CN(CCO)[C@@H]2CCS(=O)(=O)C2)cc1. The molecule has 1 fully saturated rings. The van der Waals surface area contributed by atoms with E-state index in [1.165, 1.54) is 12.1 Å². The number of sulfone groups is 1. The molecule has 21 heavy (non-hydrogen) atoms. The largest absolute Gasteiger partial charge is 0.395 e. The minimum atomic E-state index is -2.98. The Bertz CT molecular complexity index is 599. The molecular weight excluding hydrogens is 296 g/mol. The first kappa shape index (κ1) is 15.9. The van der Waals surface area contributed by atoms with Gasteiger partial charge in [-0.2, -0.15) is 0 Å². The third kappa shape index (κ3) is 4.23. The summed E-state index contributed by atoms with van der Waals surface area (Å²) in [6.07, 6.45) is 0.565. The highest BCUT2D eigenvalue weighted by Gasteiger charge is 2.31. The number of hydrogen-bond acceptors (Lipinski definition) is 6. The predicted octanol–water partition coefficient (Wildman–Crippen LogP) is 0.576. The second kappa shape index (κ2) is 6.50. The van der Waals surface area contributed by atoms with E-state index >= 15 is 0 Å². The molecule has 1 N–H and O–H groups in total. The molecule has 116 valence electrons. The first-order chi connectivity index (χ1) is 9.91. The van der Waals surface area contributed by atoms with Crippen molar-refractivity contribution in [3.8, 4) is 0 Å². The molecule has 0 radical (unpaired) electrons. The van der Waals surface area contributed by atoms with Gasteiger partial charge < -0.3 is 5.11 Å². The van der Waals surface area contributed by atoms with Gasteiger partial charge in [-0.3, -0.25) is 15.0 Å². The number of hydrogen-bond donors (Lipinski definition) is 1. The predicted molar refractivity (Wildman–Crippen MR) is 77.7 cm³/mol. The van der Waals surface area contributed by atoms with Crippen LogP contribution in [0.5, 0.6) is 0 Å². The molecule has 1 atom stereocenters. The molecule has 0 spiro atoms. The monoisotopic (exact) mass is 314 g/mol. The van der Waals surface area contributed by atoms with Crippen LogP contribution in [0, 0.1) is 10.1 Å². The zero-order chi connectivity index (χ0) is 15.5. The number of nitro benzene ring substituents is 1. The summed E-state index contributed by atoms with van der Waals surface area (Å²) >= 11 is 0. The molecule has 1 aromatic rings. The number of nitro groups is 1. The van der Waals surface area contributed by atoms with Gasteiger partial charge >= 0.3 is 0 Å². The summed E-state index contributed by atoms with van der Waals surface area (Å²) in [5.41, 5.74) is 0.884. The molecule has 0 aromatic heterocycles. The summed E-state index contributed by atoms with van der Waals surface area (Å²) in [4.78, 5) is 12.1. The number of nitrogens with zero attached hydrogens (tertiary/aromatic N) is 2. The fourth-order valence-electron chi connectivity index (χ4n) is 2.54. The van der Waals surface area contributed by atoms with Gasteiger partial charge in [-0.05, 0) is 12.0 Å². The van der Waals surface area contributed by atoms with Crippen LogP contribution in [0.2, 0.25) is 0 Å². The Morgan fingerprint density at radius 3 is 2.48 bits per heavy atom. The van der Waals surface area contributed by atoms with Gasteiger partial charge in [-0.25, -0.2) is 8.42 Å². The van der Waals surface area contributed by atoms with Crippen LogP contribution < -0.4 is 0 Å². The van der Waals surface area contributed by atoms with Crippen LogP contribution in [-0.2, 0) is 16.4 Å². The highest BCUT2D eigenvalue weighted by atomic mass is 32.2. The standard InChI is InChI=1S/C13H18N2O5S/c16-7-6-14(13-5-8-21(19,20)10-13)9-11-1-3-12(4-2-11)15(17)18/h1-4,13,16H,5-10H2/t13-/m1/s1. The number of benzene rings is 1. The maximum absolute atomic E-state index is 11.6. The second-order valence-electron chi connectivity index (χ2n) is 5.17. The number of rotatable bonds is 6. The Hall–Kier alpha value is -1.51. The molecule has 0 unspecified atom stereocenters. The zero-order valence-corrected chi connectivity index (χ0v) is 12.3. The molecule has 8 heteroatoms. The third-order valence-electron chi connectivity index (χ3n) is 3.64. The van der Waals surface area contributed by atoms with Gasteiger partial charge in [0.25, 0.3) is 5.69 Å². The molecule has 0 aliphatic carbocycles. The summed E-state index contributed by atoms with van der Waals surface area (Å²) in [6, 6.07) is 6.07. The molecule has 1 saturated heterocycles. The lowest BCUT2D eigenvalue weighted by Crippen LogP contribution is -2.37. The average Bonchev–Trinajstić information content (AvgIpc) is 2.79. The summed E-state index contributed by atoms with van der Waals surface area (Å²) in [5, 5.41) is 19.8. The fourth-order valence-corrected chi connectivity index (χ4v) is 4.30. The summed E-state index contributed by atoms with van der Waals surface area (Å²) in [6.45, 7) is 0.805. The smallest absolute Gasteiger partial charge is 0.269 e. The van der Waals surface area contributed by atoms with E-state index in [0.717, 1.165) is 5.56 Å². The van der Waals surface area contributed by atoms with Gasteiger partial charge in [0.2, 0.25) is 0 Å². The molecule has 0 bridgehead atoms. The maximum Gasteiger partial charge on any atom is 0.269 e. The lowest BCUT2D eigenvalue weighted by atomic mass is 10.1. The van der Waals surface area contributed by atoms with Gasteiger partial charge in [-0.15, -0.1) is 0 Å². The van der Waals surface area contributed by atoms with E-state index < -0.39 is 14.8 Å². The van der Waals surface area contributed by atoms with E-state index in [9.17, 15) is 18.5 Å². The fraction of sp³-hybridized carbons (Fsp3) is 0.538. The van der Waals surface area contributed by atoms with Gasteiger partial charge in [0, 0.05) is 31.3 Å². The first-order valence-electron chi connectivity index (χ1n) is 6.70. The number of aliphatic hydroxyl groups is 1. The van der Waals surface area contributed by atoms with Crippen LogP contribution >= 0.6 is 0 Å².